The Morgan fingerprint density at radius 2 is 2.20 bits per heavy atom. The molecule has 0 aliphatic heterocycles. The van der Waals surface area contributed by atoms with Crippen LogP contribution in [-0.2, 0) is 0 Å². The second kappa shape index (κ2) is 6.26. The first-order valence-electron chi connectivity index (χ1n) is 5.82. The molecule has 1 aliphatic rings. The lowest BCUT2D eigenvalue weighted by molar-refractivity contribution is 0.235. The SMILES string of the molecule is CCSC1CCCC1NC(=O)NC(C)C. The second-order valence-electron chi connectivity index (χ2n) is 4.30. The van der Waals surface area contributed by atoms with Gasteiger partial charge in [0, 0.05) is 17.3 Å². The fourth-order valence-electron chi connectivity index (χ4n) is 1.98. The van der Waals surface area contributed by atoms with Gasteiger partial charge < -0.3 is 10.6 Å². The highest BCUT2D eigenvalue weighted by molar-refractivity contribution is 7.99. The van der Waals surface area contributed by atoms with Crippen LogP contribution in [0.15, 0.2) is 0 Å². The van der Waals surface area contributed by atoms with Crippen LogP contribution in [0.4, 0.5) is 4.79 Å². The Balaban J connectivity index is 2.33. The molecule has 1 fully saturated rings. The number of hydrogen-bond acceptors (Lipinski definition) is 2. The highest BCUT2D eigenvalue weighted by atomic mass is 32.2. The van der Waals surface area contributed by atoms with Crippen LogP contribution in [0.5, 0.6) is 0 Å². The van der Waals surface area contributed by atoms with E-state index in [0.29, 0.717) is 11.3 Å². The summed E-state index contributed by atoms with van der Waals surface area (Å²) in [5, 5.41) is 6.57. The molecule has 3 nitrogen and oxygen atoms in total. The van der Waals surface area contributed by atoms with Crippen molar-refractivity contribution in [1.29, 1.82) is 0 Å². The van der Waals surface area contributed by atoms with E-state index in [0.717, 1.165) is 12.2 Å². The van der Waals surface area contributed by atoms with Gasteiger partial charge in [0.25, 0.3) is 0 Å². The monoisotopic (exact) mass is 230 g/mol. The minimum absolute atomic E-state index is 0.0152. The molecule has 0 bridgehead atoms. The van der Waals surface area contributed by atoms with Crippen LogP contribution in [0, 0.1) is 0 Å². The van der Waals surface area contributed by atoms with Gasteiger partial charge >= 0.3 is 6.03 Å². The maximum Gasteiger partial charge on any atom is 0.315 e. The number of thioether (sulfide) groups is 1. The summed E-state index contributed by atoms with van der Waals surface area (Å²) in [4.78, 5) is 11.5. The highest BCUT2D eigenvalue weighted by Gasteiger charge is 2.28. The average Bonchev–Trinajstić information content (AvgIpc) is 2.52. The van der Waals surface area contributed by atoms with Crippen LogP contribution in [0.2, 0.25) is 0 Å². The largest absolute Gasteiger partial charge is 0.336 e. The van der Waals surface area contributed by atoms with Gasteiger partial charge in [-0.3, -0.25) is 0 Å². The summed E-state index contributed by atoms with van der Waals surface area (Å²) in [7, 11) is 0. The third-order valence-electron chi connectivity index (χ3n) is 2.57. The van der Waals surface area contributed by atoms with Crippen LogP contribution >= 0.6 is 11.8 Å². The molecule has 4 heteroatoms. The van der Waals surface area contributed by atoms with Crippen molar-refractivity contribution in [2.45, 2.75) is 57.4 Å². The number of nitrogens with one attached hydrogen (secondary N) is 2. The molecule has 1 rings (SSSR count). The van der Waals surface area contributed by atoms with Crippen molar-refractivity contribution in [1.82, 2.24) is 10.6 Å². The lowest BCUT2D eigenvalue weighted by atomic mass is 10.2. The fraction of sp³-hybridized carbons (Fsp3) is 0.909. The first-order chi connectivity index (χ1) is 7.13. The number of amides is 2. The van der Waals surface area contributed by atoms with Crippen molar-refractivity contribution in [3.63, 3.8) is 0 Å². The Hall–Kier alpha value is -0.380. The Kier molecular flexibility index (Phi) is 5.29. The zero-order chi connectivity index (χ0) is 11.3. The van der Waals surface area contributed by atoms with E-state index in [1.165, 1.54) is 12.8 Å². The van der Waals surface area contributed by atoms with Gasteiger partial charge in [-0.1, -0.05) is 13.3 Å². The summed E-state index contributed by atoms with van der Waals surface area (Å²) in [5.41, 5.74) is 0. The Morgan fingerprint density at radius 1 is 1.47 bits per heavy atom. The predicted molar refractivity (Wildman–Crippen MR) is 66.4 cm³/mol. The Labute approximate surface area is 96.8 Å². The van der Waals surface area contributed by atoms with E-state index in [9.17, 15) is 4.79 Å². The van der Waals surface area contributed by atoms with E-state index in [-0.39, 0.29) is 12.1 Å². The molecule has 2 amide bonds. The number of hydrogen-bond donors (Lipinski definition) is 2. The average molecular weight is 230 g/mol. The van der Waals surface area contributed by atoms with Crippen LogP contribution < -0.4 is 10.6 Å². The van der Waals surface area contributed by atoms with Crippen LogP contribution in [0.3, 0.4) is 0 Å². The highest BCUT2D eigenvalue weighted by Crippen LogP contribution is 2.29. The van der Waals surface area contributed by atoms with Crippen molar-refractivity contribution in [3.8, 4) is 0 Å². The van der Waals surface area contributed by atoms with Crippen LogP contribution in [-0.4, -0.2) is 29.1 Å². The predicted octanol–water partition coefficient (Wildman–Crippen LogP) is 2.37. The normalized spacial score (nSPS) is 25.6. The van der Waals surface area contributed by atoms with Gasteiger partial charge in [0.1, 0.15) is 0 Å². The van der Waals surface area contributed by atoms with Gasteiger partial charge in [-0.25, -0.2) is 4.79 Å². The third kappa shape index (κ3) is 4.33. The summed E-state index contributed by atoms with van der Waals surface area (Å²) in [6.07, 6.45) is 3.61. The molecule has 1 saturated carbocycles. The van der Waals surface area contributed by atoms with Crippen LogP contribution in [0.25, 0.3) is 0 Å². The molecule has 2 unspecified atom stereocenters. The molecule has 0 aromatic heterocycles. The molecule has 1 aliphatic carbocycles. The summed E-state index contributed by atoms with van der Waals surface area (Å²) in [6, 6.07) is 0.566. The van der Waals surface area contributed by atoms with E-state index in [2.05, 4.69) is 17.6 Å². The summed E-state index contributed by atoms with van der Waals surface area (Å²) in [5.74, 6) is 1.13. The maximum atomic E-state index is 11.5. The zero-order valence-electron chi connectivity index (χ0n) is 9.88. The molecule has 0 radical (unpaired) electrons. The van der Waals surface area contributed by atoms with Gasteiger partial charge in [-0.05, 0) is 32.4 Å². The van der Waals surface area contributed by atoms with Gasteiger partial charge in [0.15, 0.2) is 0 Å². The second-order valence-corrected chi connectivity index (χ2v) is 5.82. The smallest absolute Gasteiger partial charge is 0.315 e. The Bertz CT molecular complexity index is 209. The number of carbonyl (C=O) groups is 1. The first-order valence-corrected chi connectivity index (χ1v) is 6.87. The lowest BCUT2D eigenvalue weighted by Crippen LogP contribution is -2.46. The molecule has 0 heterocycles. The minimum atomic E-state index is -0.0152. The lowest BCUT2D eigenvalue weighted by Gasteiger charge is -2.21. The summed E-state index contributed by atoms with van der Waals surface area (Å²) >= 11 is 1.97. The number of rotatable bonds is 4. The van der Waals surface area contributed by atoms with Gasteiger partial charge in [-0.2, -0.15) is 11.8 Å². The fourth-order valence-corrected chi connectivity index (χ4v) is 3.17. The molecular weight excluding hydrogens is 208 g/mol. The van der Waals surface area contributed by atoms with E-state index >= 15 is 0 Å². The van der Waals surface area contributed by atoms with Crippen LogP contribution in [0.1, 0.15) is 40.0 Å². The minimum Gasteiger partial charge on any atom is -0.336 e. The van der Waals surface area contributed by atoms with Gasteiger partial charge in [0.2, 0.25) is 0 Å². The van der Waals surface area contributed by atoms with Gasteiger partial charge in [-0.15, -0.1) is 0 Å². The summed E-state index contributed by atoms with van der Waals surface area (Å²) in [6.45, 7) is 6.13. The van der Waals surface area contributed by atoms with E-state index < -0.39 is 0 Å². The molecule has 0 spiro atoms. The Morgan fingerprint density at radius 3 is 2.80 bits per heavy atom. The quantitative estimate of drug-likeness (QED) is 0.778. The molecular formula is C11H22N2OS. The first kappa shape index (κ1) is 12.7. The molecule has 88 valence electrons. The van der Waals surface area contributed by atoms with Crippen molar-refractivity contribution in [2.24, 2.45) is 0 Å². The molecule has 0 aromatic carbocycles. The molecule has 2 N–H and O–H groups in total. The summed E-state index contributed by atoms with van der Waals surface area (Å²) < 4.78 is 0. The third-order valence-corrected chi connectivity index (χ3v) is 3.90. The van der Waals surface area contributed by atoms with Crippen molar-refractivity contribution in [2.75, 3.05) is 5.75 Å². The van der Waals surface area contributed by atoms with Gasteiger partial charge in [0.05, 0.1) is 0 Å². The molecule has 2 atom stereocenters. The molecule has 0 saturated heterocycles. The standard InChI is InChI=1S/C11H22N2OS/c1-4-15-10-7-5-6-9(10)13-11(14)12-8(2)3/h8-10H,4-7H2,1-3H3,(H2,12,13,14). The zero-order valence-corrected chi connectivity index (χ0v) is 10.7. The molecule has 0 aromatic rings. The molecule has 15 heavy (non-hydrogen) atoms. The van der Waals surface area contributed by atoms with E-state index in [1.807, 2.05) is 25.6 Å². The van der Waals surface area contributed by atoms with Crippen molar-refractivity contribution >= 4 is 17.8 Å². The number of carbonyl (C=O) groups excluding carboxylic acids is 1. The number of urea groups is 1. The topological polar surface area (TPSA) is 41.1 Å². The van der Waals surface area contributed by atoms with Crippen molar-refractivity contribution in [3.05, 3.63) is 0 Å². The van der Waals surface area contributed by atoms with E-state index in [4.69, 9.17) is 0 Å². The maximum absolute atomic E-state index is 11.5. The van der Waals surface area contributed by atoms with E-state index in [1.54, 1.807) is 0 Å². The van der Waals surface area contributed by atoms with Crippen molar-refractivity contribution < 1.29 is 4.79 Å².